The van der Waals surface area contributed by atoms with Gasteiger partial charge in [0.1, 0.15) is 11.6 Å². The average molecular weight is 462 g/mol. The van der Waals surface area contributed by atoms with Gasteiger partial charge in [0.05, 0.1) is 24.7 Å². The minimum absolute atomic E-state index is 0.0109. The number of aryl methyl sites for hydroxylation is 1. The molecule has 3 aromatic rings. The molecule has 1 saturated carbocycles. The van der Waals surface area contributed by atoms with E-state index in [0.717, 1.165) is 42.4 Å². The molecule has 2 atom stereocenters. The highest BCUT2D eigenvalue weighted by molar-refractivity contribution is 6.05. The lowest BCUT2D eigenvalue weighted by atomic mass is 9.90. The first-order valence-corrected chi connectivity index (χ1v) is 11.4. The molecule has 178 valence electrons. The molecule has 9 heteroatoms. The number of nitrogens with two attached hydrogens (primary N) is 2. The van der Waals surface area contributed by atoms with Gasteiger partial charge >= 0.3 is 0 Å². The largest absolute Gasteiger partial charge is 0.497 e. The highest BCUT2D eigenvalue weighted by Crippen LogP contribution is 2.29. The molecule has 1 aliphatic carbocycles. The monoisotopic (exact) mass is 461 g/mol. The first-order valence-electron chi connectivity index (χ1n) is 11.4. The van der Waals surface area contributed by atoms with Gasteiger partial charge in [-0.3, -0.25) is 4.79 Å². The van der Waals surface area contributed by atoms with Crippen molar-refractivity contribution in [3.05, 3.63) is 53.9 Å². The maximum absolute atomic E-state index is 13.4. The van der Waals surface area contributed by atoms with Gasteiger partial charge in [-0.25, -0.2) is 15.0 Å². The Hall–Kier alpha value is -3.88. The first kappa shape index (κ1) is 23.3. The summed E-state index contributed by atoms with van der Waals surface area (Å²) in [7, 11) is 3.31. The zero-order valence-electron chi connectivity index (χ0n) is 19.8. The van der Waals surface area contributed by atoms with Crippen LogP contribution in [0.1, 0.15) is 41.9 Å². The van der Waals surface area contributed by atoms with Crippen LogP contribution in [0.3, 0.4) is 0 Å². The van der Waals surface area contributed by atoms with Crippen LogP contribution in [0.5, 0.6) is 5.75 Å². The van der Waals surface area contributed by atoms with Gasteiger partial charge in [-0.2, -0.15) is 0 Å². The number of nitrogens with one attached hydrogen (secondary N) is 1. The van der Waals surface area contributed by atoms with Crippen LogP contribution in [0.4, 0.5) is 11.5 Å². The van der Waals surface area contributed by atoms with E-state index in [4.69, 9.17) is 16.2 Å². The van der Waals surface area contributed by atoms with Gasteiger partial charge in [-0.05, 0) is 56.2 Å². The number of methoxy groups -OCH3 is 1. The summed E-state index contributed by atoms with van der Waals surface area (Å²) in [5.74, 6) is 1.23. The maximum atomic E-state index is 13.4. The summed E-state index contributed by atoms with van der Waals surface area (Å²) in [5, 5.41) is 4.40. The van der Waals surface area contributed by atoms with Crippen molar-refractivity contribution in [2.45, 2.75) is 44.7 Å². The normalized spacial score (nSPS) is 17.7. The van der Waals surface area contributed by atoms with E-state index >= 15 is 0 Å². The van der Waals surface area contributed by atoms with Crippen LogP contribution in [0.15, 0.2) is 47.5 Å². The molecule has 0 unspecified atom stereocenters. The molecule has 34 heavy (non-hydrogen) atoms. The van der Waals surface area contributed by atoms with Crippen molar-refractivity contribution in [1.82, 2.24) is 9.97 Å². The Kier molecular flexibility index (Phi) is 6.81. The molecule has 5 N–H and O–H groups in total. The molecule has 9 nitrogen and oxygen atoms in total. The fourth-order valence-corrected chi connectivity index (χ4v) is 4.32. The number of guanidine groups is 1. The van der Waals surface area contributed by atoms with Crippen LogP contribution in [0.25, 0.3) is 10.9 Å². The smallest absolute Gasteiger partial charge is 0.295 e. The molecule has 1 heterocycles. The lowest BCUT2D eigenvalue weighted by molar-refractivity contribution is 0.0983. The third kappa shape index (κ3) is 5.03. The Morgan fingerprint density at radius 1 is 1.12 bits per heavy atom. The number of rotatable bonds is 6. The molecule has 0 saturated heterocycles. The second kappa shape index (κ2) is 9.94. The van der Waals surface area contributed by atoms with E-state index in [1.165, 1.54) is 4.90 Å². The van der Waals surface area contributed by atoms with Gasteiger partial charge in [0.2, 0.25) is 5.82 Å². The predicted octanol–water partition coefficient (Wildman–Crippen LogP) is 3.22. The van der Waals surface area contributed by atoms with E-state index in [9.17, 15) is 4.79 Å². The van der Waals surface area contributed by atoms with Crippen molar-refractivity contribution in [2.24, 2.45) is 16.5 Å². The van der Waals surface area contributed by atoms with E-state index in [2.05, 4.69) is 20.3 Å². The number of fused-ring (bicyclic) bond motifs is 1. The number of amides is 1. The number of ether oxygens (including phenoxy) is 1. The number of nitrogens with zero attached hydrogens (tertiary/aromatic N) is 4. The molecule has 1 fully saturated rings. The van der Waals surface area contributed by atoms with Crippen LogP contribution in [0, 0.1) is 6.92 Å². The number of carbonyl (C=O) groups excluding carboxylic acids is 1. The molecule has 1 aromatic heterocycles. The van der Waals surface area contributed by atoms with E-state index < -0.39 is 0 Å². The van der Waals surface area contributed by atoms with E-state index in [1.807, 2.05) is 49.4 Å². The average Bonchev–Trinajstić information content (AvgIpc) is 2.84. The van der Waals surface area contributed by atoms with Crippen LogP contribution in [0.2, 0.25) is 0 Å². The quantitative estimate of drug-likeness (QED) is 0.379. The Bertz CT molecular complexity index is 1210. The summed E-state index contributed by atoms with van der Waals surface area (Å²) in [6, 6.07) is 13.1. The van der Waals surface area contributed by atoms with Gasteiger partial charge in [0.15, 0.2) is 5.96 Å². The van der Waals surface area contributed by atoms with Crippen LogP contribution < -0.4 is 26.4 Å². The fraction of sp³-hybridized carbons (Fsp3) is 0.360. The molecule has 0 radical (unpaired) electrons. The number of benzene rings is 2. The van der Waals surface area contributed by atoms with E-state index in [1.54, 1.807) is 14.2 Å². The number of carbonyl (C=O) groups is 1. The molecule has 4 rings (SSSR count). The molecule has 0 bridgehead atoms. The Morgan fingerprint density at radius 3 is 2.56 bits per heavy atom. The molecule has 1 amide bonds. The van der Waals surface area contributed by atoms with Crippen molar-refractivity contribution >= 4 is 34.3 Å². The van der Waals surface area contributed by atoms with E-state index in [0.29, 0.717) is 17.0 Å². The third-order valence-electron chi connectivity index (χ3n) is 6.17. The summed E-state index contributed by atoms with van der Waals surface area (Å²) in [4.78, 5) is 28.6. The maximum Gasteiger partial charge on any atom is 0.295 e. The number of aromatic nitrogens is 2. The first-order chi connectivity index (χ1) is 16.4. The van der Waals surface area contributed by atoms with Crippen LogP contribution in [-0.4, -0.2) is 48.1 Å². The predicted molar refractivity (Wildman–Crippen MR) is 135 cm³/mol. The number of aliphatic imine (C=N–C) groups is 1. The molecular formula is C25H31N7O2. The van der Waals surface area contributed by atoms with Gasteiger partial charge < -0.3 is 26.4 Å². The van der Waals surface area contributed by atoms with Crippen molar-refractivity contribution in [3.8, 4) is 5.75 Å². The van der Waals surface area contributed by atoms with Crippen molar-refractivity contribution in [3.63, 3.8) is 0 Å². The van der Waals surface area contributed by atoms with Gasteiger partial charge in [-0.15, -0.1) is 0 Å². The Labute approximate surface area is 199 Å². The lowest BCUT2D eigenvalue weighted by Gasteiger charge is -2.30. The number of anilines is 2. The molecule has 0 spiro atoms. The van der Waals surface area contributed by atoms with E-state index in [-0.39, 0.29) is 29.8 Å². The minimum Gasteiger partial charge on any atom is -0.497 e. The highest BCUT2D eigenvalue weighted by atomic mass is 16.5. The summed E-state index contributed by atoms with van der Waals surface area (Å²) < 4.78 is 5.21. The molecule has 0 aliphatic heterocycles. The number of hydrogen-bond acceptors (Lipinski definition) is 6. The van der Waals surface area contributed by atoms with Crippen LogP contribution in [-0.2, 0) is 0 Å². The minimum atomic E-state index is -0.305. The topological polar surface area (TPSA) is 132 Å². The van der Waals surface area contributed by atoms with Crippen molar-refractivity contribution in [1.29, 1.82) is 0 Å². The summed E-state index contributed by atoms with van der Waals surface area (Å²) in [6.45, 7) is 2.02. The van der Waals surface area contributed by atoms with Crippen molar-refractivity contribution < 1.29 is 9.53 Å². The highest BCUT2D eigenvalue weighted by Gasteiger charge is 2.27. The summed E-state index contributed by atoms with van der Waals surface area (Å²) >= 11 is 0. The molecule has 2 aromatic carbocycles. The Morgan fingerprint density at radius 2 is 1.85 bits per heavy atom. The third-order valence-corrected chi connectivity index (χ3v) is 6.17. The number of hydrogen-bond donors (Lipinski definition) is 3. The second-order valence-electron chi connectivity index (χ2n) is 8.64. The van der Waals surface area contributed by atoms with Gasteiger partial charge in [0.25, 0.3) is 5.91 Å². The standard InChI is InChI=1S/C25H31N7O2/c1-15-8-13-19-18(14-15)22(29-20-6-4-5-7-21(20)30-25(26)27)31-23(28-19)24(33)32(2)16-9-11-17(34-3)12-10-16/h8-14,20-21H,4-7H2,1-3H3,(H4,26,27,30)(H,28,29,31)/t20-,21+/m0/s1. The SMILES string of the molecule is COc1ccc(N(C)C(=O)c2nc(N[C@H]3CCCC[C@H]3N=C(N)N)c3cc(C)ccc3n2)cc1. The Balaban J connectivity index is 1.70. The zero-order chi connectivity index (χ0) is 24.2. The summed E-state index contributed by atoms with van der Waals surface area (Å²) in [5.41, 5.74) is 13.8. The molecular weight excluding hydrogens is 430 g/mol. The van der Waals surface area contributed by atoms with Gasteiger partial charge in [-0.1, -0.05) is 24.5 Å². The van der Waals surface area contributed by atoms with Gasteiger partial charge in [0, 0.05) is 18.1 Å². The zero-order valence-corrected chi connectivity index (χ0v) is 19.8. The molecule has 1 aliphatic rings. The van der Waals surface area contributed by atoms with Crippen molar-refractivity contribution in [2.75, 3.05) is 24.4 Å². The van der Waals surface area contributed by atoms with Crippen LogP contribution >= 0.6 is 0 Å². The summed E-state index contributed by atoms with van der Waals surface area (Å²) in [6.07, 6.45) is 3.94. The lowest BCUT2D eigenvalue weighted by Crippen LogP contribution is -2.38. The fourth-order valence-electron chi connectivity index (χ4n) is 4.32. The second-order valence-corrected chi connectivity index (χ2v) is 8.64.